The van der Waals surface area contributed by atoms with Crippen LogP contribution in [0.15, 0.2) is 28.8 Å². The van der Waals surface area contributed by atoms with Gasteiger partial charge in [0, 0.05) is 36.5 Å². The smallest absolute Gasteiger partial charge is 0.324 e. The topological polar surface area (TPSA) is 60.6 Å². The normalized spacial score (nSPS) is 20.7. The predicted octanol–water partition coefficient (Wildman–Crippen LogP) is 2.73. The average Bonchev–Trinajstić information content (AvgIpc) is 3.18. The van der Waals surface area contributed by atoms with Crippen LogP contribution in [0, 0.1) is 0 Å². The lowest BCUT2D eigenvalue weighted by molar-refractivity contribution is -0.169. The van der Waals surface area contributed by atoms with Gasteiger partial charge in [-0.3, -0.25) is 0 Å². The summed E-state index contributed by atoms with van der Waals surface area (Å²) in [5.41, 5.74) is 0.846. The molecule has 0 radical (unpaired) electrons. The van der Waals surface area contributed by atoms with Gasteiger partial charge in [0.25, 0.3) is 0 Å². The van der Waals surface area contributed by atoms with E-state index in [1.165, 1.54) is 0 Å². The minimum absolute atomic E-state index is 0.397. The van der Waals surface area contributed by atoms with Crippen molar-refractivity contribution in [1.82, 2.24) is 10.1 Å². The second-order valence-corrected chi connectivity index (χ2v) is 5.94. The molecule has 1 aromatic carbocycles. The molecule has 0 N–H and O–H groups in total. The monoisotopic (exact) mass is 321 g/mol. The van der Waals surface area contributed by atoms with E-state index >= 15 is 0 Å². The molecule has 0 unspecified atom stereocenters. The van der Waals surface area contributed by atoms with Crippen molar-refractivity contribution in [2.24, 2.45) is 0 Å². The van der Waals surface area contributed by atoms with Crippen LogP contribution in [0.25, 0.3) is 11.4 Å². The Labute approximate surface area is 133 Å². The minimum atomic E-state index is -0.397. The molecule has 2 aliphatic rings. The highest BCUT2D eigenvalue weighted by molar-refractivity contribution is 6.30. The summed E-state index contributed by atoms with van der Waals surface area (Å²) in [4.78, 5) is 6.53. The van der Waals surface area contributed by atoms with Gasteiger partial charge < -0.3 is 18.9 Å². The molecule has 2 aromatic rings. The maximum absolute atomic E-state index is 6.00. The van der Waals surface area contributed by atoms with E-state index in [-0.39, 0.29) is 0 Å². The van der Waals surface area contributed by atoms with Crippen LogP contribution in [0.4, 0.5) is 6.01 Å². The standard InChI is InChI=1S/C15H16ClN3O3/c16-12-3-1-2-11(10-12)13-17-14(22-18-13)19-6-4-15(5-7-19)20-8-9-21-15/h1-3,10H,4-9H2. The van der Waals surface area contributed by atoms with Crippen molar-refractivity contribution in [3.63, 3.8) is 0 Å². The van der Waals surface area contributed by atoms with Gasteiger partial charge in [-0.25, -0.2) is 0 Å². The summed E-state index contributed by atoms with van der Waals surface area (Å²) in [5, 5.41) is 4.69. The van der Waals surface area contributed by atoms with Crippen molar-refractivity contribution in [3.8, 4) is 11.4 Å². The third kappa shape index (κ3) is 2.58. The first-order valence-electron chi connectivity index (χ1n) is 7.37. The van der Waals surface area contributed by atoms with Crippen LogP contribution in [0.1, 0.15) is 12.8 Å². The van der Waals surface area contributed by atoms with Gasteiger partial charge in [0.15, 0.2) is 5.79 Å². The Balaban J connectivity index is 1.48. The molecule has 2 aliphatic heterocycles. The number of halogens is 1. The quantitative estimate of drug-likeness (QED) is 0.847. The van der Waals surface area contributed by atoms with Gasteiger partial charge in [-0.1, -0.05) is 28.9 Å². The molecule has 2 fully saturated rings. The van der Waals surface area contributed by atoms with Crippen LogP contribution < -0.4 is 4.90 Å². The van der Waals surface area contributed by atoms with Gasteiger partial charge in [0.1, 0.15) is 0 Å². The SMILES string of the molecule is Clc1cccc(-c2noc(N3CCC4(CC3)OCCO4)n2)c1. The molecule has 0 atom stereocenters. The summed E-state index contributed by atoms with van der Waals surface area (Å²) in [7, 11) is 0. The number of anilines is 1. The second-order valence-electron chi connectivity index (χ2n) is 5.51. The highest BCUT2D eigenvalue weighted by atomic mass is 35.5. The molecular weight excluding hydrogens is 306 g/mol. The number of piperidine rings is 1. The van der Waals surface area contributed by atoms with Crippen molar-refractivity contribution < 1.29 is 14.0 Å². The molecule has 7 heteroatoms. The molecular formula is C15H16ClN3O3. The van der Waals surface area contributed by atoms with Crippen LogP contribution in [-0.4, -0.2) is 42.2 Å². The number of hydrogen-bond donors (Lipinski definition) is 0. The lowest BCUT2D eigenvalue weighted by Gasteiger charge is -2.36. The molecule has 2 saturated heterocycles. The first-order valence-corrected chi connectivity index (χ1v) is 7.74. The van der Waals surface area contributed by atoms with Crippen LogP contribution in [0.2, 0.25) is 5.02 Å². The van der Waals surface area contributed by atoms with E-state index in [1.54, 1.807) is 0 Å². The fraction of sp³-hybridized carbons (Fsp3) is 0.467. The summed E-state index contributed by atoms with van der Waals surface area (Å²) < 4.78 is 16.8. The molecule has 0 amide bonds. The number of hydrogen-bond acceptors (Lipinski definition) is 6. The summed E-state index contributed by atoms with van der Waals surface area (Å²) in [6, 6.07) is 7.95. The van der Waals surface area contributed by atoms with Crippen molar-refractivity contribution in [1.29, 1.82) is 0 Å². The molecule has 1 aromatic heterocycles. The largest absolute Gasteiger partial charge is 0.347 e. The van der Waals surface area contributed by atoms with E-state index in [1.807, 2.05) is 24.3 Å². The molecule has 6 nitrogen and oxygen atoms in total. The van der Waals surface area contributed by atoms with Crippen LogP contribution in [0.5, 0.6) is 0 Å². The summed E-state index contributed by atoms with van der Waals surface area (Å²) in [5.74, 6) is 0.151. The third-order valence-electron chi connectivity index (χ3n) is 4.11. The minimum Gasteiger partial charge on any atom is -0.347 e. The van der Waals surface area contributed by atoms with Gasteiger partial charge >= 0.3 is 6.01 Å². The lowest BCUT2D eigenvalue weighted by Crippen LogP contribution is -2.45. The van der Waals surface area contributed by atoms with Gasteiger partial charge in [0.05, 0.1) is 13.2 Å². The van der Waals surface area contributed by atoms with Gasteiger partial charge in [-0.05, 0) is 12.1 Å². The molecule has 0 saturated carbocycles. The predicted molar refractivity (Wildman–Crippen MR) is 80.8 cm³/mol. The Morgan fingerprint density at radius 3 is 2.64 bits per heavy atom. The fourth-order valence-electron chi connectivity index (χ4n) is 2.91. The summed E-state index contributed by atoms with van der Waals surface area (Å²) in [6.45, 7) is 2.91. The zero-order valence-electron chi connectivity index (χ0n) is 12.0. The Morgan fingerprint density at radius 2 is 1.91 bits per heavy atom. The van der Waals surface area contributed by atoms with Crippen LogP contribution in [0.3, 0.4) is 0 Å². The van der Waals surface area contributed by atoms with E-state index in [0.29, 0.717) is 30.1 Å². The summed E-state index contributed by atoms with van der Waals surface area (Å²) in [6.07, 6.45) is 1.61. The second kappa shape index (κ2) is 5.53. The van der Waals surface area contributed by atoms with E-state index in [4.69, 9.17) is 25.6 Å². The van der Waals surface area contributed by atoms with Gasteiger partial charge in [0.2, 0.25) is 5.82 Å². The molecule has 22 heavy (non-hydrogen) atoms. The molecule has 1 spiro atoms. The zero-order valence-corrected chi connectivity index (χ0v) is 12.8. The highest BCUT2D eigenvalue weighted by Gasteiger charge is 2.40. The molecule has 3 heterocycles. The molecule has 0 aliphatic carbocycles. The average molecular weight is 322 g/mol. The number of aromatic nitrogens is 2. The van der Waals surface area contributed by atoms with Crippen molar-refractivity contribution in [2.45, 2.75) is 18.6 Å². The highest BCUT2D eigenvalue weighted by Crippen LogP contribution is 2.33. The van der Waals surface area contributed by atoms with E-state index in [9.17, 15) is 0 Å². The maximum Gasteiger partial charge on any atom is 0.324 e. The molecule has 116 valence electrons. The van der Waals surface area contributed by atoms with E-state index in [2.05, 4.69) is 15.0 Å². The van der Waals surface area contributed by atoms with Crippen molar-refractivity contribution in [2.75, 3.05) is 31.2 Å². The Bertz CT molecular complexity index is 660. The molecule has 4 rings (SSSR count). The van der Waals surface area contributed by atoms with Gasteiger partial charge in [-0.15, -0.1) is 0 Å². The Hall–Kier alpha value is -1.63. The van der Waals surface area contributed by atoms with Gasteiger partial charge in [-0.2, -0.15) is 4.98 Å². The Morgan fingerprint density at radius 1 is 1.14 bits per heavy atom. The number of ether oxygens (including phenoxy) is 2. The zero-order chi connectivity index (χ0) is 15.0. The third-order valence-corrected chi connectivity index (χ3v) is 4.34. The first kappa shape index (κ1) is 14.0. The molecule has 0 bridgehead atoms. The van der Waals surface area contributed by atoms with Crippen LogP contribution in [-0.2, 0) is 9.47 Å². The summed E-state index contributed by atoms with van der Waals surface area (Å²) >= 11 is 6.00. The number of nitrogens with zero attached hydrogens (tertiary/aromatic N) is 3. The van der Waals surface area contributed by atoms with Crippen molar-refractivity contribution in [3.05, 3.63) is 29.3 Å². The Kier molecular flexibility index (Phi) is 3.52. The van der Waals surface area contributed by atoms with E-state index in [0.717, 1.165) is 31.5 Å². The van der Waals surface area contributed by atoms with Crippen LogP contribution >= 0.6 is 11.6 Å². The maximum atomic E-state index is 6.00. The number of benzene rings is 1. The lowest BCUT2D eigenvalue weighted by atomic mass is 10.0. The van der Waals surface area contributed by atoms with E-state index < -0.39 is 5.79 Å². The first-order chi connectivity index (χ1) is 10.7. The number of rotatable bonds is 2. The fourth-order valence-corrected chi connectivity index (χ4v) is 3.10. The van der Waals surface area contributed by atoms with Crippen molar-refractivity contribution >= 4 is 17.6 Å².